The Labute approximate surface area is 122 Å². The van der Waals surface area contributed by atoms with Gasteiger partial charge in [-0.3, -0.25) is 4.99 Å². The molecule has 1 fully saturated rings. The lowest BCUT2D eigenvalue weighted by Gasteiger charge is -2.17. The van der Waals surface area contributed by atoms with Gasteiger partial charge < -0.3 is 10.6 Å². The molecule has 0 bridgehead atoms. The maximum atomic E-state index is 4.31. The molecule has 0 amide bonds. The normalized spacial score (nSPS) is 16.4. The van der Waals surface area contributed by atoms with Crippen molar-refractivity contribution < 1.29 is 0 Å². The minimum atomic E-state index is 0.613. The highest BCUT2D eigenvalue weighted by molar-refractivity contribution is 5.79. The van der Waals surface area contributed by atoms with Gasteiger partial charge in [-0.2, -0.15) is 0 Å². The Morgan fingerprint density at radius 3 is 2.40 bits per heavy atom. The molecule has 0 radical (unpaired) electrons. The second kappa shape index (κ2) is 7.32. The van der Waals surface area contributed by atoms with Crippen molar-refractivity contribution in [1.29, 1.82) is 0 Å². The Bertz CT molecular complexity index is 439. The number of hydrogen-bond donors (Lipinski definition) is 2. The molecule has 3 nitrogen and oxygen atoms in total. The van der Waals surface area contributed by atoms with E-state index < -0.39 is 0 Å². The van der Waals surface area contributed by atoms with Gasteiger partial charge in [-0.15, -0.1) is 0 Å². The average molecular weight is 273 g/mol. The van der Waals surface area contributed by atoms with Crippen molar-refractivity contribution in [1.82, 2.24) is 10.6 Å². The highest BCUT2D eigenvalue weighted by atomic mass is 15.2. The van der Waals surface area contributed by atoms with Crippen molar-refractivity contribution in [3.8, 4) is 0 Å². The molecular formula is C17H27N3. The number of hydrogen-bond acceptors (Lipinski definition) is 1. The summed E-state index contributed by atoms with van der Waals surface area (Å²) in [5, 5.41) is 6.94. The fourth-order valence-electron chi connectivity index (χ4n) is 3.00. The van der Waals surface area contributed by atoms with Crippen LogP contribution in [0.15, 0.2) is 23.2 Å². The standard InChI is InChI=1S/C17H27N3/c1-13-10-14(2)12-15(11-13)8-9-19-17(18-3)20-16-6-4-5-7-16/h10-12,16H,4-9H2,1-3H3,(H2,18,19,20). The lowest BCUT2D eigenvalue weighted by atomic mass is 10.1. The van der Waals surface area contributed by atoms with Crippen LogP contribution >= 0.6 is 0 Å². The fraction of sp³-hybridized carbons (Fsp3) is 0.588. The Balaban J connectivity index is 1.78. The van der Waals surface area contributed by atoms with Crippen LogP contribution in [0.3, 0.4) is 0 Å². The van der Waals surface area contributed by atoms with E-state index in [1.165, 1.54) is 42.4 Å². The van der Waals surface area contributed by atoms with Crippen LogP contribution in [0.1, 0.15) is 42.4 Å². The smallest absolute Gasteiger partial charge is 0.191 e. The van der Waals surface area contributed by atoms with Gasteiger partial charge in [0.1, 0.15) is 0 Å². The lowest BCUT2D eigenvalue weighted by molar-refractivity contribution is 0.613. The van der Waals surface area contributed by atoms with Crippen molar-refractivity contribution in [2.75, 3.05) is 13.6 Å². The van der Waals surface area contributed by atoms with Crippen LogP contribution in [0.4, 0.5) is 0 Å². The Morgan fingerprint density at radius 1 is 1.15 bits per heavy atom. The van der Waals surface area contributed by atoms with Crippen LogP contribution in [0.25, 0.3) is 0 Å². The highest BCUT2D eigenvalue weighted by Crippen LogP contribution is 2.17. The molecule has 2 rings (SSSR count). The van der Waals surface area contributed by atoms with Gasteiger partial charge in [-0.1, -0.05) is 42.2 Å². The molecule has 3 heteroatoms. The van der Waals surface area contributed by atoms with Crippen LogP contribution in [0, 0.1) is 13.8 Å². The van der Waals surface area contributed by atoms with E-state index in [0.717, 1.165) is 18.9 Å². The predicted molar refractivity (Wildman–Crippen MR) is 86.4 cm³/mol. The van der Waals surface area contributed by atoms with Gasteiger partial charge in [0.15, 0.2) is 5.96 Å². The first kappa shape index (κ1) is 14.9. The molecule has 2 N–H and O–H groups in total. The van der Waals surface area contributed by atoms with Crippen LogP contribution in [-0.2, 0) is 6.42 Å². The summed E-state index contributed by atoms with van der Waals surface area (Å²) in [5.41, 5.74) is 4.08. The summed E-state index contributed by atoms with van der Waals surface area (Å²) in [6, 6.07) is 7.36. The molecule has 0 spiro atoms. The Hall–Kier alpha value is -1.51. The average Bonchev–Trinajstić information content (AvgIpc) is 2.89. The van der Waals surface area contributed by atoms with E-state index in [2.05, 4.69) is 47.7 Å². The van der Waals surface area contributed by atoms with Crippen molar-refractivity contribution >= 4 is 5.96 Å². The van der Waals surface area contributed by atoms with E-state index in [1.54, 1.807) is 0 Å². The third kappa shape index (κ3) is 4.55. The number of benzene rings is 1. The topological polar surface area (TPSA) is 36.4 Å². The van der Waals surface area contributed by atoms with Gasteiger partial charge in [-0.25, -0.2) is 0 Å². The van der Waals surface area contributed by atoms with Crippen molar-refractivity contribution in [2.24, 2.45) is 4.99 Å². The van der Waals surface area contributed by atoms with E-state index in [9.17, 15) is 0 Å². The largest absolute Gasteiger partial charge is 0.356 e. The molecule has 0 aliphatic heterocycles. The lowest BCUT2D eigenvalue weighted by Crippen LogP contribution is -2.43. The summed E-state index contributed by atoms with van der Waals surface area (Å²) < 4.78 is 0. The summed E-state index contributed by atoms with van der Waals surface area (Å²) in [6.45, 7) is 5.24. The summed E-state index contributed by atoms with van der Waals surface area (Å²) in [7, 11) is 1.85. The monoisotopic (exact) mass is 273 g/mol. The minimum Gasteiger partial charge on any atom is -0.356 e. The van der Waals surface area contributed by atoms with Gasteiger partial charge in [0.05, 0.1) is 0 Å². The number of guanidine groups is 1. The maximum Gasteiger partial charge on any atom is 0.191 e. The first-order chi connectivity index (χ1) is 9.67. The number of nitrogens with one attached hydrogen (secondary N) is 2. The molecule has 0 atom stereocenters. The van der Waals surface area contributed by atoms with Gasteiger partial charge in [-0.05, 0) is 38.7 Å². The molecule has 1 aromatic carbocycles. The maximum absolute atomic E-state index is 4.31. The van der Waals surface area contributed by atoms with Crippen LogP contribution in [0.5, 0.6) is 0 Å². The fourth-order valence-corrected chi connectivity index (χ4v) is 3.00. The van der Waals surface area contributed by atoms with Gasteiger partial charge in [0.25, 0.3) is 0 Å². The van der Waals surface area contributed by atoms with Gasteiger partial charge >= 0.3 is 0 Å². The van der Waals surface area contributed by atoms with Gasteiger partial charge in [0.2, 0.25) is 0 Å². The molecule has 0 saturated heterocycles. The number of aryl methyl sites for hydroxylation is 2. The van der Waals surface area contributed by atoms with Crippen LogP contribution in [0.2, 0.25) is 0 Å². The highest BCUT2D eigenvalue weighted by Gasteiger charge is 2.15. The number of rotatable bonds is 4. The third-order valence-electron chi connectivity index (χ3n) is 3.91. The summed E-state index contributed by atoms with van der Waals surface area (Å²) in [4.78, 5) is 4.31. The van der Waals surface area contributed by atoms with E-state index in [-0.39, 0.29) is 0 Å². The van der Waals surface area contributed by atoms with Crippen molar-refractivity contribution in [3.63, 3.8) is 0 Å². The van der Waals surface area contributed by atoms with E-state index >= 15 is 0 Å². The first-order valence-corrected chi connectivity index (χ1v) is 7.72. The molecule has 1 aliphatic rings. The Kier molecular flexibility index (Phi) is 5.45. The molecule has 0 unspecified atom stereocenters. The Morgan fingerprint density at radius 2 is 1.80 bits per heavy atom. The zero-order valence-corrected chi connectivity index (χ0v) is 13.0. The quantitative estimate of drug-likeness (QED) is 0.653. The third-order valence-corrected chi connectivity index (χ3v) is 3.91. The molecular weight excluding hydrogens is 246 g/mol. The molecule has 110 valence electrons. The number of aliphatic imine (C=N–C) groups is 1. The molecule has 0 aromatic heterocycles. The second-order valence-corrected chi connectivity index (χ2v) is 5.87. The van der Waals surface area contributed by atoms with Crippen LogP contribution in [-0.4, -0.2) is 25.6 Å². The predicted octanol–water partition coefficient (Wildman–Crippen LogP) is 2.95. The second-order valence-electron chi connectivity index (χ2n) is 5.87. The molecule has 1 aromatic rings. The van der Waals surface area contributed by atoms with Crippen LogP contribution < -0.4 is 10.6 Å². The first-order valence-electron chi connectivity index (χ1n) is 7.72. The van der Waals surface area contributed by atoms with Gasteiger partial charge in [0, 0.05) is 19.6 Å². The summed E-state index contributed by atoms with van der Waals surface area (Å²) in [5.74, 6) is 0.946. The van der Waals surface area contributed by atoms with Crippen molar-refractivity contribution in [2.45, 2.75) is 52.0 Å². The molecule has 20 heavy (non-hydrogen) atoms. The molecule has 1 saturated carbocycles. The van der Waals surface area contributed by atoms with E-state index in [0.29, 0.717) is 6.04 Å². The van der Waals surface area contributed by atoms with E-state index in [4.69, 9.17) is 0 Å². The zero-order valence-electron chi connectivity index (χ0n) is 13.0. The molecule has 0 heterocycles. The zero-order chi connectivity index (χ0) is 14.4. The summed E-state index contributed by atoms with van der Waals surface area (Å²) >= 11 is 0. The SMILES string of the molecule is CN=C(NCCc1cc(C)cc(C)c1)NC1CCCC1. The number of nitrogens with zero attached hydrogens (tertiary/aromatic N) is 1. The minimum absolute atomic E-state index is 0.613. The van der Waals surface area contributed by atoms with Crippen molar-refractivity contribution in [3.05, 3.63) is 34.9 Å². The molecule has 1 aliphatic carbocycles. The summed E-state index contributed by atoms with van der Waals surface area (Å²) in [6.07, 6.45) is 6.28. The van der Waals surface area contributed by atoms with E-state index in [1.807, 2.05) is 7.05 Å².